The summed E-state index contributed by atoms with van der Waals surface area (Å²) in [5, 5.41) is 14.7. The van der Waals surface area contributed by atoms with Gasteiger partial charge in [-0.15, -0.1) is 0 Å². The van der Waals surface area contributed by atoms with Crippen LogP contribution in [0.4, 0.5) is 4.79 Å². The molecule has 3 N–H and O–H groups in total. The zero-order valence-electron chi connectivity index (χ0n) is 18.1. The number of carboxylic acid groups (broad SMARTS) is 1. The first-order valence-electron chi connectivity index (χ1n) is 11.0. The van der Waals surface area contributed by atoms with Gasteiger partial charge in [-0.25, -0.2) is 9.59 Å². The lowest BCUT2D eigenvalue weighted by molar-refractivity contribution is -0.151. The maximum atomic E-state index is 12.3. The molecule has 1 unspecified atom stereocenters. The normalized spacial score (nSPS) is 16.8. The molecule has 0 saturated heterocycles. The Balaban J connectivity index is 1.25. The topological polar surface area (TPSA) is 105 Å². The highest BCUT2D eigenvalue weighted by Crippen LogP contribution is 2.44. The average Bonchev–Trinajstić information content (AvgIpc) is 3.07. The third kappa shape index (κ3) is 4.33. The van der Waals surface area contributed by atoms with Crippen LogP contribution in [0.1, 0.15) is 49.7 Å². The summed E-state index contributed by atoms with van der Waals surface area (Å²) in [6.45, 7) is 2.33. The second kappa shape index (κ2) is 9.02. The Morgan fingerprint density at radius 3 is 2.19 bits per heavy atom. The lowest BCUT2D eigenvalue weighted by Crippen LogP contribution is -2.59. The van der Waals surface area contributed by atoms with Crippen molar-refractivity contribution in [3.8, 4) is 11.1 Å². The highest BCUT2D eigenvalue weighted by atomic mass is 16.5. The summed E-state index contributed by atoms with van der Waals surface area (Å²) < 4.78 is 5.51. The molecule has 168 valence electrons. The number of nitrogens with one attached hydrogen (secondary N) is 2. The van der Waals surface area contributed by atoms with Crippen LogP contribution in [0.3, 0.4) is 0 Å². The van der Waals surface area contributed by atoms with E-state index in [0.717, 1.165) is 17.5 Å². The van der Waals surface area contributed by atoms with E-state index >= 15 is 0 Å². The van der Waals surface area contributed by atoms with Gasteiger partial charge in [-0.3, -0.25) is 4.79 Å². The van der Waals surface area contributed by atoms with Crippen molar-refractivity contribution in [1.29, 1.82) is 0 Å². The molecule has 1 saturated carbocycles. The molecule has 0 aliphatic heterocycles. The number of carbonyl (C=O) groups excluding carboxylic acids is 2. The predicted molar refractivity (Wildman–Crippen MR) is 119 cm³/mol. The molecule has 2 aliphatic rings. The Labute approximate surface area is 187 Å². The van der Waals surface area contributed by atoms with Crippen LogP contribution < -0.4 is 10.6 Å². The van der Waals surface area contributed by atoms with Crippen molar-refractivity contribution >= 4 is 18.0 Å². The number of carbonyl (C=O) groups is 3. The molecule has 2 aliphatic carbocycles. The maximum Gasteiger partial charge on any atom is 0.407 e. The Morgan fingerprint density at radius 1 is 1.06 bits per heavy atom. The molecule has 7 heteroatoms. The van der Waals surface area contributed by atoms with Gasteiger partial charge in [-0.1, -0.05) is 55.5 Å². The first kappa shape index (κ1) is 21.9. The third-order valence-corrected chi connectivity index (χ3v) is 6.47. The van der Waals surface area contributed by atoms with Gasteiger partial charge in [-0.05, 0) is 47.4 Å². The van der Waals surface area contributed by atoms with Gasteiger partial charge in [0.1, 0.15) is 12.1 Å². The van der Waals surface area contributed by atoms with Crippen LogP contribution in [0.15, 0.2) is 48.5 Å². The molecule has 1 fully saturated rings. The van der Waals surface area contributed by atoms with E-state index in [0.29, 0.717) is 12.8 Å². The van der Waals surface area contributed by atoms with Gasteiger partial charge < -0.3 is 20.5 Å². The van der Waals surface area contributed by atoms with E-state index in [1.807, 2.05) is 31.2 Å². The third-order valence-electron chi connectivity index (χ3n) is 6.47. The van der Waals surface area contributed by atoms with Crippen LogP contribution in [0.5, 0.6) is 0 Å². The lowest BCUT2D eigenvalue weighted by atomic mass is 9.76. The minimum Gasteiger partial charge on any atom is -0.480 e. The van der Waals surface area contributed by atoms with Crippen LogP contribution in [-0.2, 0) is 14.3 Å². The average molecular weight is 437 g/mol. The van der Waals surface area contributed by atoms with Gasteiger partial charge in [0.2, 0.25) is 5.91 Å². The van der Waals surface area contributed by atoms with Crippen LogP contribution in [0.25, 0.3) is 11.1 Å². The summed E-state index contributed by atoms with van der Waals surface area (Å²) in [6.07, 6.45) is 1.32. The van der Waals surface area contributed by atoms with Crippen molar-refractivity contribution in [2.24, 2.45) is 5.92 Å². The van der Waals surface area contributed by atoms with E-state index in [-0.39, 0.29) is 37.3 Å². The smallest absolute Gasteiger partial charge is 0.407 e. The summed E-state index contributed by atoms with van der Waals surface area (Å²) in [4.78, 5) is 35.9. The number of aliphatic carboxylic acids is 1. The van der Waals surface area contributed by atoms with Crippen molar-refractivity contribution in [2.75, 3.05) is 13.2 Å². The Kier molecular flexibility index (Phi) is 6.17. The number of benzene rings is 2. The van der Waals surface area contributed by atoms with Gasteiger partial charge in [0.05, 0.1) is 0 Å². The Morgan fingerprint density at radius 2 is 1.66 bits per heavy atom. The van der Waals surface area contributed by atoms with Crippen molar-refractivity contribution < 1.29 is 24.2 Å². The van der Waals surface area contributed by atoms with Gasteiger partial charge in [-0.2, -0.15) is 0 Å². The van der Waals surface area contributed by atoms with Crippen LogP contribution in [-0.4, -0.2) is 41.8 Å². The second-order valence-electron chi connectivity index (χ2n) is 8.80. The fourth-order valence-corrected chi connectivity index (χ4v) is 4.54. The largest absolute Gasteiger partial charge is 0.480 e. The number of alkyl carbamates (subject to hydrolysis) is 1. The predicted octanol–water partition coefficient (Wildman–Crippen LogP) is 3.67. The highest BCUT2D eigenvalue weighted by molar-refractivity contribution is 5.88. The number of amides is 2. The van der Waals surface area contributed by atoms with Crippen LogP contribution in [0.2, 0.25) is 0 Å². The fourth-order valence-electron chi connectivity index (χ4n) is 4.54. The summed E-state index contributed by atoms with van der Waals surface area (Å²) in [5.74, 6) is -1.46. The molecule has 0 radical (unpaired) electrons. The monoisotopic (exact) mass is 436 g/mol. The first-order valence-corrected chi connectivity index (χ1v) is 11.0. The molecular formula is C25H28N2O5. The maximum absolute atomic E-state index is 12.3. The summed E-state index contributed by atoms with van der Waals surface area (Å²) in [6, 6.07) is 16.3. The van der Waals surface area contributed by atoms with Crippen molar-refractivity contribution in [3.05, 3.63) is 59.7 Å². The molecule has 1 atom stereocenters. The Bertz CT molecular complexity index is 985. The van der Waals surface area contributed by atoms with Crippen molar-refractivity contribution in [1.82, 2.24) is 10.6 Å². The molecule has 2 amide bonds. The molecule has 0 spiro atoms. The minimum absolute atomic E-state index is 0.00830. The second-order valence-corrected chi connectivity index (χ2v) is 8.80. The molecular weight excluding hydrogens is 408 g/mol. The number of hydrogen-bond acceptors (Lipinski definition) is 4. The minimum atomic E-state index is -1.11. The van der Waals surface area contributed by atoms with Crippen LogP contribution >= 0.6 is 0 Å². The fraction of sp³-hybridized carbons (Fsp3) is 0.400. The number of rotatable bonds is 8. The van der Waals surface area contributed by atoms with E-state index in [2.05, 4.69) is 34.9 Å². The van der Waals surface area contributed by atoms with E-state index in [4.69, 9.17) is 4.74 Å². The number of hydrogen-bond donors (Lipinski definition) is 3. The zero-order valence-corrected chi connectivity index (χ0v) is 18.1. The SMILES string of the molecule is CC(CNC(=O)OCC1c2ccccc2-c2ccccc21)CC(=O)NC1(C(=O)O)CCC1. The summed E-state index contributed by atoms with van der Waals surface area (Å²) >= 11 is 0. The molecule has 32 heavy (non-hydrogen) atoms. The van der Waals surface area contributed by atoms with Gasteiger partial charge in [0.15, 0.2) is 0 Å². The van der Waals surface area contributed by atoms with Crippen molar-refractivity contribution in [3.63, 3.8) is 0 Å². The molecule has 4 rings (SSSR count). The zero-order chi connectivity index (χ0) is 22.7. The standard InChI is InChI=1S/C25H28N2O5/c1-16(13-22(28)27-25(23(29)30)11-6-12-25)14-26-24(31)32-15-21-19-9-4-2-7-17(19)18-8-3-5-10-20(18)21/h2-5,7-10,16,21H,6,11-15H2,1H3,(H,26,31)(H,27,28)(H,29,30). The van der Waals surface area contributed by atoms with E-state index in [9.17, 15) is 19.5 Å². The van der Waals surface area contributed by atoms with E-state index in [1.165, 1.54) is 11.1 Å². The molecule has 0 bridgehead atoms. The molecule has 2 aromatic carbocycles. The summed E-state index contributed by atoms with van der Waals surface area (Å²) in [7, 11) is 0. The van der Waals surface area contributed by atoms with Crippen molar-refractivity contribution in [2.45, 2.75) is 44.1 Å². The number of carboxylic acids is 1. The Hall–Kier alpha value is -3.35. The first-order chi connectivity index (χ1) is 15.4. The van der Waals surface area contributed by atoms with Crippen LogP contribution in [0, 0.1) is 5.92 Å². The van der Waals surface area contributed by atoms with Gasteiger partial charge >= 0.3 is 12.1 Å². The molecule has 7 nitrogen and oxygen atoms in total. The quantitative estimate of drug-likeness (QED) is 0.586. The molecule has 0 aromatic heterocycles. The lowest BCUT2D eigenvalue weighted by Gasteiger charge is -2.38. The highest BCUT2D eigenvalue weighted by Gasteiger charge is 2.45. The number of ether oxygens (including phenoxy) is 1. The number of fused-ring (bicyclic) bond motifs is 3. The molecule has 0 heterocycles. The van der Waals surface area contributed by atoms with E-state index < -0.39 is 17.6 Å². The molecule has 2 aromatic rings. The van der Waals surface area contributed by atoms with E-state index in [1.54, 1.807) is 0 Å². The summed E-state index contributed by atoms with van der Waals surface area (Å²) in [5.41, 5.74) is 3.52. The van der Waals surface area contributed by atoms with Gasteiger partial charge in [0.25, 0.3) is 0 Å². The van der Waals surface area contributed by atoms with Gasteiger partial charge in [0, 0.05) is 18.9 Å².